The van der Waals surface area contributed by atoms with Crippen LogP contribution in [0.1, 0.15) is 16.1 Å². The molecule has 0 atom stereocenters. The SMILES string of the molecule is NC1=NC=C(C(=O)OCc2ccccc2)N(c2nc(N)cnc2C(=O)O)C1. The minimum atomic E-state index is -1.32. The van der Waals surface area contributed by atoms with E-state index >= 15 is 0 Å². The Labute approximate surface area is 153 Å². The average molecular weight is 368 g/mol. The lowest BCUT2D eigenvalue weighted by Crippen LogP contribution is -2.40. The summed E-state index contributed by atoms with van der Waals surface area (Å²) in [5.41, 5.74) is 11.8. The lowest BCUT2D eigenvalue weighted by atomic mass is 10.2. The van der Waals surface area contributed by atoms with Crippen LogP contribution in [0.25, 0.3) is 0 Å². The molecule has 0 bridgehead atoms. The molecule has 0 aliphatic carbocycles. The zero-order valence-corrected chi connectivity index (χ0v) is 14.1. The van der Waals surface area contributed by atoms with E-state index in [-0.39, 0.29) is 42.0 Å². The van der Waals surface area contributed by atoms with Crippen molar-refractivity contribution in [3.05, 3.63) is 59.7 Å². The number of carbonyl (C=O) groups is 2. The normalized spacial score (nSPS) is 13.6. The third-order valence-corrected chi connectivity index (χ3v) is 3.62. The molecule has 3 rings (SSSR count). The van der Waals surface area contributed by atoms with Crippen LogP contribution < -0.4 is 16.4 Å². The molecule has 10 nitrogen and oxygen atoms in total. The number of hydrogen-bond donors (Lipinski definition) is 3. The number of carbonyl (C=O) groups excluding carboxylic acids is 1. The van der Waals surface area contributed by atoms with Gasteiger partial charge in [0.25, 0.3) is 0 Å². The van der Waals surface area contributed by atoms with Gasteiger partial charge in [-0.15, -0.1) is 0 Å². The highest BCUT2D eigenvalue weighted by Crippen LogP contribution is 2.24. The summed E-state index contributed by atoms with van der Waals surface area (Å²) in [5, 5.41) is 9.36. The van der Waals surface area contributed by atoms with Gasteiger partial charge in [-0.25, -0.2) is 24.5 Å². The van der Waals surface area contributed by atoms with Crippen LogP contribution in [0.3, 0.4) is 0 Å². The molecule has 0 radical (unpaired) electrons. The Morgan fingerprint density at radius 1 is 1.22 bits per heavy atom. The number of anilines is 2. The number of nitrogens with two attached hydrogens (primary N) is 2. The van der Waals surface area contributed by atoms with Crippen LogP contribution >= 0.6 is 0 Å². The van der Waals surface area contributed by atoms with E-state index in [4.69, 9.17) is 16.2 Å². The molecule has 27 heavy (non-hydrogen) atoms. The predicted molar refractivity (Wildman–Crippen MR) is 96.7 cm³/mol. The van der Waals surface area contributed by atoms with Gasteiger partial charge in [0, 0.05) is 0 Å². The van der Waals surface area contributed by atoms with Crippen molar-refractivity contribution in [3.63, 3.8) is 0 Å². The molecule has 2 aromatic rings. The molecule has 138 valence electrons. The molecule has 2 heterocycles. The van der Waals surface area contributed by atoms with Crippen LogP contribution in [0.2, 0.25) is 0 Å². The topological polar surface area (TPSA) is 157 Å². The molecule has 1 aromatic heterocycles. The monoisotopic (exact) mass is 368 g/mol. The summed E-state index contributed by atoms with van der Waals surface area (Å²) < 4.78 is 5.30. The number of esters is 1. The number of rotatable bonds is 5. The summed E-state index contributed by atoms with van der Waals surface area (Å²) in [5.74, 6) is -2.00. The van der Waals surface area contributed by atoms with Gasteiger partial charge in [-0.3, -0.25) is 0 Å². The fourth-order valence-electron chi connectivity index (χ4n) is 2.38. The van der Waals surface area contributed by atoms with Gasteiger partial charge >= 0.3 is 11.9 Å². The lowest BCUT2D eigenvalue weighted by molar-refractivity contribution is -0.140. The molecular formula is C17H16N6O4. The van der Waals surface area contributed by atoms with E-state index in [9.17, 15) is 14.7 Å². The number of aromatic carboxylic acids is 1. The number of nitrogens with zero attached hydrogens (tertiary/aromatic N) is 4. The standard InChI is InChI=1S/C17H16N6O4/c18-12-7-21-14(16(24)25)15(22-12)23-8-13(19)20-6-11(23)17(26)27-9-10-4-2-1-3-5-10/h1-7H,8-9H2,(H2,18,22)(H2,19,20)(H,24,25). The Kier molecular flexibility index (Phi) is 4.97. The molecule has 0 amide bonds. The van der Waals surface area contributed by atoms with Crippen molar-refractivity contribution in [2.45, 2.75) is 6.61 Å². The number of nitrogen functional groups attached to an aromatic ring is 1. The first kappa shape index (κ1) is 17.9. The third-order valence-electron chi connectivity index (χ3n) is 3.62. The van der Waals surface area contributed by atoms with Crippen molar-refractivity contribution in [1.82, 2.24) is 9.97 Å². The van der Waals surface area contributed by atoms with Crippen LogP contribution in [-0.2, 0) is 16.1 Å². The summed E-state index contributed by atoms with van der Waals surface area (Å²) in [6, 6.07) is 9.11. The van der Waals surface area contributed by atoms with E-state index in [1.807, 2.05) is 30.3 Å². The third kappa shape index (κ3) is 4.00. The summed E-state index contributed by atoms with van der Waals surface area (Å²) in [7, 11) is 0. The van der Waals surface area contributed by atoms with Crippen LogP contribution in [0.5, 0.6) is 0 Å². The van der Waals surface area contributed by atoms with E-state index in [0.717, 1.165) is 11.8 Å². The smallest absolute Gasteiger partial charge is 0.358 e. The predicted octanol–water partition coefficient (Wildman–Crippen LogP) is 0.519. The van der Waals surface area contributed by atoms with E-state index in [0.29, 0.717) is 0 Å². The maximum Gasteiger partial charge on any atom is 0.358 e. The molecular weight excluding hydrogens is 352 g/mol. The molecule has 0 unspecified atom stereocenters. The van der Waals surface area contributed by atoms with Crippen LogP contribution in [0.15, 0.2) is 53.4 Å². The molecule has 0 saturated carbocycles. The number of benzene rings is 1. The summed E-state index contributed by atoms with van der Waals surface area (Å²) in [6.07, 6.45) is 2.31. The molecule has 0 saturated heterocycles. The van der Waals surface area contributed by atoms with Gasteiger partial charge in [0.2, 0.25) is 0 Å². The van der Waals surface area contributed by atoms with Gasteiger partial charge in [0.05, 0.1) is 18.9 Å². The highest BCUT2D eigenvalue weighted by molar-refractivity contribution is 6.01. The van der Waals surface area contributed by atoms with E-state index in [2.05, 4.69) is 15.0 Å². The van der Waals surface area contributed by atoms with Crippen molar-refractivity contribution in [1.29, 1.82) is 0 Å². The Hall–Kier alpha value is -3.95. The Morgan fingerprint density at radius 2 is 1.96 bits per heavy atom. The number of hydrogen-bond acceptors (Lipinski definition) is 9. The molecule has 1 aliphatic heterocycles. The number of carboxylic acids is 1. The highest BCUT2D eigenvalue weighted by Gasteiger charge is 2.29. The first-order chi connectivity index (χ1) is 13.0. The number of carboxylic acid groups (broad SMARTS) is 1. The van der Waals surface area contributed by atoms with Crippen molar-refractivity contribution in [3.8, 4) is 0 Å². The Morgan fingerprint density at radius 3 is 2.67 bits per heavy atom. The molecule has 0 spiro atoms. The van der Waals surface area contributed by atoms with Gasteiger partial charge < -0.3 is 26.2 Å². The first-order valence-corrected chi connectivity index (χ1v) is 7.82. The first-order valence-electron chi connectivity index (χ1n) is 7.82. The zero-order chi connectivity index (χ0) is 19.4. The second-order valence-corrected chi connectivity index (χ2v) is 5.55. The Balaban J connectivity index is 1.90. The number of aliphatic imine (C=N–C) groups is 1. The van der Waals surface area contributed by atoms with Gasteiger partial charge in [-0.2, -0.15) is 0 Å². The minimum absolute atomic E-state index is 0.00640. The van der Waals surface area contributed by atoms with Crippen LogP contribution in [-0.4, -0.2) is 39.4 Å². The van der Waals surface area contributed by atoms with E-state index in [1.165, 1.54) is 11.1 Å². The summed E-state index contributed by atoms with van der Waals surface area (Å²) >= 11 is 0. The summed E-state index contributed by atoms with van der Waals surface area (Å²) in [4.78, 5) is 37.0. The number of amidine groups is 1. The van der Waals surface area contributed by atoms with Crippen molar-refractivity contribution in [2.24, 2.45) is 10.7 Å². The molecule has 10 heteroatoms. The second kappa shape index (κ2) is 7.52. The van der Waals surface area contributed by atoms with Crippen LogP contribution in [0, 0.1) is 0 Å². The Bertz CT molecular complexity index is 942. The van der Waals surface area contributed by atoms with Crippen molar-refractivity contribution in [2.75, 3.05) is 17.2 Å². The zero-order valence-electron chi connectivity index (χ0n) is 14.1. The molecule has 1 aromatic carbocycles. The van der Waals surface area contributed by atoms with Crippen molar-refractivity contribution < 1.29 is 19.4 Å². The molecule has 5 N–H and O–H groups in total. The lowest BCUT2D eigenvalue weighted by Gasteiger charge is -2.27. The highest BCUT2D eigenvalue weighted by atomic mass is 16.5. The fourth-order valence-corrected chi connectivity index (χ4v) is 2.38. The van der Waals surface area contributed by atoms with Crippen molar-refractivity contribution >= 4 is 29.4 Å². The average Bonchev–Trinajstić information content (AvgIpc) is 2.66. The summed E-state index contributed by atoms with van der Waals surface area (Å²) in [6.45, 7) is -0.0247. The van der Waals surface area contributed by atoms with Crippen LogP contribution in [0.4, 0.5) is 11.6 Å². The fraction of sp³-hybridized carbons (Fsp3) is 0.118. The maximum atomic E-state index is 12.6. The van der Waals surface area contributed by atoms with E-state index in [1.54, 1.807) is 0 Å². The van der Waals surface area contributed by atoms with Gasteiger partial charge in [-0.05, 0) is 5.56 Å². The van der Waals surface area contributed by atoms with Gasteiger partial charge in [-0.1, -0.05) is 30.3 Å². The molecule has 1 aliphatic rings. The molecule has 0 fully saturated rings. The second-order valence-electron chi connectivity index (χ2n) is 5.55. The van der Waals surface area contributed by atoms with E-state index < -0.39 is 11.9 Å². The number of ether oxygens (including phenoxy) is 1. The van der Waals surface area contributed by atoms with Gasteiger partial charge in [0.1, 0.15) is 24.0 Å². The largest absolute Gasteiger partial charge is 0.476 e. The minimum Gasteiger partial charge on any atom is -0.476 e. The number of aromatic nitrogens is 2. The quantitative estimate of drug-likeness (QED) is 0.640. The van der Waals surface area contributed by atoms with Gasteiger partial charge in [0.15, 0.2) is 11.5 Å². The maximum absolute atomic E-state index is 12.6.